The van der Waals surface area contributed by atoms with E-state index in [0.29, 0.717) is 24.4 Å². The van der Waals surface area contributed by atoms with Gasteiger partial charge in [0.05, 0.1) is 24.9 Å². The first-order chi connectivity index (χ1) is 8.74. The Labute approximate surface area is 110 Å². The van der Waals surface area contributed by atoms with Crippen LogP contribution in [-0.2, 0) is 14.2 Å². The van der Waals surface area contributed by atoms with E-state index < -0.39 is 0 Å². The molecule has 2 aliphatic heterocycles. The highest BCUT2D eigenvalue weighted by molar-refractivity contribution is 4.74. The SMILES string of the molecule is CC1CC(OCCNC2CCOCC2)CC(C)O1. The molecule has 2 unspecified atom stereocenters. The van der Waals surface area contributed by atoms with Crippen LogP contribution in [0.25, 0.3) is 0 Å². The lowest BCUT2D eigenvalue weighted by Gasteiger charge is -2.32. The third-order valence-electron chi connectivity index (χ3n) is 3.76. The molecule has 2 aliphatic rings. The molecule has 0 aromatic rings. The zero-order valence-corrected chi connectivity index (χ0v) is 11.7. The molecule has 2 saturated heterocycles. The second-order valence-electron chi connectivity index (χ2n) is 5.56. The van der Waals surface area contributed by atoms with E-state index in [2.05, 4.69) is 19.2 Å². The largest absolute Gasteiger partial charge is 0.381 e. The highest BCUT2D eigenvalue weighted by Crippen LogP contribution is 2.21. The molecule has 0 radical (unpaired) electrons. The second-order valence-corrected chi connectivity index (χ2v) is 5.56. The van der Waals surface area contributed by atoms with E-state index in [1.54, 1.807) is 0 Å². The molecule has 2 atom stereocenters. The molecule has 0 amide bonds. The molecule has 0 aliphatic carbocycles. The lowest BCUT2D eigenvalue weighted by Crippen LogP contribution is -2.38. The number of rotatable bonds is 5. The van der Waals surface area contributed by atoms with Crippen LogP contribution in [0.15, 0.2) is 0 Å². The average Bonchev–Trinajstić information content (AvgIpc) is 2.35. The molecule has 106 valence electrons. The minimum atomic E-state index is 0.335. The first-order valence-electron chi connectivity index (χ1n) is 7.32. The first kappa shape index (κ1) is 14.3. The number of hydrogen-bond acceptors (Lipinski definition) is 4. The van der Waals surface area contributed by atoms with Gasteiger partial charge in [0.15, 0.2) is 0 Å². The summed E-state index contributed by atoms with van der Waals surface area (Å²) in [5.41, 5.74) is 0. The molecule has 0 saturated carbocycles. The number of nitrogens with one attached hydrogen (secondary N) is 1. The van der Waals surface area contributed by atoms with Crippen molar-refractivity contribution in [2.24, 2.45) is 0 Å². The highest BCUT2D eigenvalue weighted by Gasteiger charge is 2.24. The van der Waals surface area contributed by atoms with Crippen LogP contribution in [0.1, 0.15) is 39.5 Å². The van der Waals surface area contributed by atoms with E-state index >= 15 is 0 Å². The summed E-state index contributed by atoms with van der Waals surface area (Å²) in [6, 6.07) is 0.620. The first-order valence-corrected chi connectivity index (χ1v) is 7.32. The van der Waals surface area contributed by atoms with Crippen LogP contribution in [0.2, 0.25) is 0 Å². The normalized spacial score (nSPS) is 34.7. The van der Waals surface area contributed by atoms with Crippen molar-refractivity contribution < 1.29 is 14.2 Å². The van der Waals surface area contributed by atoms with E-state index in [1.807, 2.05) is 0 Å². The average molecular weight is 257 g/mol. The van der Waals surface area contributed by atoms with Crippen molar-refractivity contribution >= 4 is 0 Å². The van der Waals surface area contributed by atoms with Gasteiger partial charge in [0, 0.05) is 25.8 Å². The molecule has 1 N–H and O–H groups in total. The van der Waals surface area contributed by atoms with Gasteiger partial charge < -0.3 is 19.5 Å². The Kier molecular flexibility index (Phi) is 5.89. The molecular formula is C14H27NO3. The quantitative estimate of drug-likeness (QED) is 0.761. The Morgan fingerprint density at radius 2 is 1.78 bits per heavy atom. The summed E-state index contributed by atoms with van der Waals surface area (Å²) in [7, 11) is 0. The molecule has 4 heteroatoms. The zero-order chi connectivity index (χ0) is 12.8. The van der Waals surface area contributed by atoms with Crippen molar-refractivity contribution in [2.75, 3.05) is 26.4 Å². The predicted molar refractivity (Wildman–Crippen MR) is 70.8 cm³/mol. The topological polar surface area (TPSA) is 39.7 Å². The molecule has 2 heterocycles. The summed E-state index contributed by atoms with van der Waals surface area (Å²) < 4.78 is 17.0. The van der Waals surface area contributed by atoms with Crippen molar-refractivity contribution in [3.8, 4) is 0 Å². The summed E-state index contributed by atoms with van der Waals surface area (Å²) in [6.07, 6.45) is 5.37. The maximum absolute atomic E-state index is 5.94. The van der Waals surface area contributed by atoms with E-state index in [4.69, 9.17) is 14.2 Å². The van der Waals surface area contributed by atoms with E-state index in [1.165, 1.54) is 0 Å². The van der Waals surface area contributed by atoms with Gasteiger partial charge in [-0.25, -0.2) is 0 Å². The number of hydrogen-bond donors (Lipinski definition) is 1. The van der Waals surface area contributed by atoms with E-state index in [0.717, 1.165) is 52.0 Å². The van der Waals surface area contributed by atoms with Crippen LogP contribution in [-0.4, -0.2) is 50.7 Å². The van der Waals surface area contributed by atoms with Gasteiger partial charge in [-0.1, -0.05) is 0 Å². The minimum absolute atomic E-state index is 0.335. The van der Waals surface area contributed by atoms with Crippen molar-refractivity contribution in [3.05, 3.63) is 0 Å². The molecule has 0 aromatic heterocycles. The summed E-state index contributed by atoms with van der Waals surface area (Å²) >= 11 is 0. The fourth-order valence-electron chi connectivity index (χ4n) is 2.87. The summed E-state index contributed by atoms with van der Waals surface area (Å²) in [5.74, 6) is 0. The fourth-order valence-corrected chi connectivity index (χ4v) is 2.87. The predicted octanol–water partition coefficient (Wildman–Crippen LogP) is 1.73. The standard InChI is InChI=1S/C14H27NO3/c1-11-9-14(10-12(2)18-11)17-8-5-15-13-3-6-16-7-4-13/h11-15H,3-10H2,1-2H3. The third-order valence-corrected chi connectivity index (χ3v) is 3.76. The Morgan fingerprint density at radius 3 is 2.44 bits per heavy atom. The van der Waals surface area contributed by atoms with Gasteiger partial charge in [-0.2, -0.15) is 0 Å². The van der Waals surface area contributed by atoms with Gasteiger partial charge >= 0.3 is 0 Å². The molecule has 0 spiro atoms. The van der Waals surface area contributed by atoms with Gasteiger partial charge in [-0.3, -0.25) is 0 Å². The van der Waals surface area contributed by atoms with Crippen molar-refractivity contribution in [1.82, 2.24) is 5.32 Å². The highest BCUT2D eigenvalue weighted by atomic mass is 16.5. The van der Waals surface area contributed by atoms with Gasteiger partial charge in [0.25, 0.3) is 0 Å². The lowest BCUT2D eigenvalue weighted by molar-refractivity contribution is -0.101. The molecule has 2 fully saturated rings. The fraction of sp³-hybridized carbons (Fsp3) is 1.00. The van der Waals surface area contributed by atoms with Crippen LogP contribution in [0, 0.1) is 0 Å². The minimum Gasteiger partial charge on any atom is -0.381 e. The molecular weight excluding hydrogens is 230 g/mol. The van der Waals surface area contributed by atoms with Crippen LogP contribution in [0.5, 0.6) is 0 Å². The van der Waals surface area contributed by atoms with Crippen LogP contribution < -0.4 is 5.32 Å². The maximum atomic E-state index is 5.94. The summed E-state index contributed by atoms with van der Waals surface area (Å²) in [6.45, 7) is 7.81. The molecule has 18 heavy (non-hydrogen) atoms. The third kappa shape index (κ3) is 4.84. The van der Waals surface area contributed by atoms with Gasteiger partial charge in [-0.05, 0) is 39.5 Å². The zero-order valence-electron chi connectivity index (χ0n) is 11.7. The Morgan fingerprint density at radius 1 is 1.11 bits per heavy atom. The Balaban J connectivity index is 1.54. The van der Waals surface area contributed by atoms with Gasteiger partial charge in [-0.15, -0.1) is 0 Å². The summed E-state index contributed by atoms with van der Waals surface area (Å²) in [5, 5.41) is 3.55. The molecule has 2 rings (SSSR count). The smallest absolute Gasteiger partial charge is 0.0625 e. The Hall–Kier alpha value is -0.160. The van der Waals surface area contributed by atoms with Gasteiger partial charge in [0.2, 0.25) is 0 Å². The van der Waals surface area contributed by atoms with Crippen LogP contribution in [0.3, 0.4) is 0 Å². The van der Waals surface area contributed by atoms with Gasteiger partial charge in [0.1, 0.15) is 0 Å². The molecule has 0 aromatic carbocycles. The van der Waals surface area contributed by atoms with Crippen LogP contribution >= 0.6 is 0 Å². The lowest BCUT2D eigenvalue weighted by atomic mass is 10.0. The van der Waals surface area contributed by atoms with Crippen molar-refractivity contribution in [2.45, 2.75) is 63.9 Å². The maximum Gasteiger partial charge on any atom is 0.0625 e. The number of ether oxygens (including phenoxy) is 3. The van der Waals surface area contributed by atoms with Crippen molar-refractivity contribution in [3.63, 3.8) is 0 Å². The summed E-state index contributed by atoms with van der Waals surface area (Å²) in [4.78, 5) is 0. The van der Waals surface area contributed by atoms with E-state index in [-0.39, 0.29) is 0 Å². The van der Waals surface area contributed by atoms with Crippen molar-refractivity contribution in [1.29, 1.82) is 0 Å². The Bertz CT molecular complexity index is 221. The van der Waals surface area contributed by atoms with Crippen LogP contribution in [0.4, 0.5) is 0 Å². The second kappa shape index (κ2) is 7.43. The monoisotopic (exact) mass is 257 g/mol. The van der Waals surface area contributed by atoms with E-state index in [9.17, 15) is 0 Å². The molecule has 0 bridgehead atoms. The molecule has 4 nitrogen and oxygen atoms in total.